The maximum Gasteiger partial charge on any atom is 0.351 e. The molecule has 1 aliphatic heterocycles. The monoisotopic (exact) mass is 403 g/mol. The van der Waals surface area contributed by atoms with Gasteiger partial charge in [0.1, 0.15) is 25.4 Å². The number of terminal acetylenes is 1. The van der Waals surface area contributed by atoms with Crippen LogP contribution in [0.25, 0.3) is 5.82 Å². The van der Waals surface area contributed by atoms with Crippen molar-refractivity contribution < 1.29 is 28.9 Å². The van der Waals surface area contributed by atoms with E-state index in [0.717, 1.165) is 18.4 Å². The highest BCUT2D eigenvalue weighted by Crippen LogP contribution is 2.38. The number of esters is 2. The van der Waals surface area contributed by atoms with Crippen LogP contribution in [0.1, 0.15) is 20.1 Å². The quantitative estimate of drug-likeness (QED) is 0.466. The first kappa shape index (κ1) is 20.2. The lowest BCUT2D eigenvalue weighted by atomic mass is 9.96. The van der Waals surface area contributed by atoms with Crippen LogP contribution in [0.2, 0.25) is 0 Å². The smallest absolute Gasteiger partial charge is 0.351 e. The molecule has 152 valence electrons. The first-order chi connectivity index (χ1) is 13.8. The van der Waals surface area contributed by atoms with E-state index in [0.29, 0.717) is 0 Å². The lowest BCUT2D eigenvalue weighted by Crippen LogP contribution is -2.48. The van der Waals surface area contributed by atoms with Crippen molar-refractivity contribution in [2.24, 2.45) is 0 Å². The Bertz CT molecular complexity index is 1010. The molecule has 0 amide bonds. The summed E-state index contributed by atoms with van der Waals surface area (Å²) in [4.78, 5) is 42.9. The number of ether oxygens (including phenoxy) is 3. The topological polar surface area (TPSA) is 148 Å². The highest BCUT2D eigenvalue weighted by Gasteiger charge is 2.58. The molecule has 0 aliphatic carbocycles. The third-order valence-electron chi connectivity index (χ3n) is 4.16. The van der Waals surface area contributed by atoms with Gasteiger partial charge in [0.2, 0.25) is 5.60 Å². The molecule has 0 radical (unpaired) electrons. The van der Waals surface area contributed by atoms with Crippen molar-refractivity contribution in [1.82, 2.24) is 24.3 Å². The van der Waals surface area contributed by atoms with E-state index in [2.05, 4.69) is 21.0 Å². The second-order valence-corrected chi connectivity index (χ2v) is 6.16. The molecule has 2 aromatic rings. The largest absolute Gasteiger partial charge is 0.462 e. The number of carbonyl (C=O) groups excluding carboxylic acids is 2. The molecule has 1 saturated heterocycles. The molecule has 12 nitrogen and oxygen atoms in total. The van der Waals surface area contributed by atoms with Crippen LogP contribution in [0, 0.1) is 12.3 Å². The molecular weight excluding hydrogens is 386 g/mol. The standard InChI is InChI=1S/C17H17N5O7/c1-4-17(7-27-10(2)23)14(28-11(3)24)13(25)15(29-17)21-6-5-12(20-16(21)26)22-9-18-8-19-22/h1,5-6,8-9,13-15,25H,7H2,2-3H3/t13?,14-,15-,17-/m1/s1. The van der Waals surface area contributed by atoms with Crippen LogP contribution in [0.4, 0.5) is 0 Å². The number of hydrogen-bond donors (Lipinski definition) is 1. The van der Waals surface area contributed by atoms with E-state index < -0.39 is 48.3 Å². The number of aliphatic hydroxyl groups is 1. The van der Waals surface area contributed by atoms with Gasteiger partial charge < -0.3 is 19.3 Å². The Morgan fingerprint density at radius 2 is 2.17 bits per heavy atom. The average molecular weight is 403 g/mol. The fourth-order valence-electron chi connectivity index (χ4n) is 2.88. The molecule has 0 aromatic carbocycles. The summed E-state index contributed by atoms with van der Waals surface area (Å²) in [6.07, 6.45) is 5.21. The van der Waals surface area contributed by atoms with Crippen molar-refractivity contribution in [2.45, 2.75) is 37.9 Å². The van der Waals surface area contributed by atoms with Crippen LogP contribution in [0.3, 0.4) is 0 Å². The Hall–Kier alpha value is -3.56. The van der Waals surface area contributed by atoms with Gasteiger partial charge in [0.25, 0.3) is 0 Å². The van der Waals surface area contributed by atoms with E-state index in [9.17, 15) is 19.5 Å². The highest BCUT2D eigenvalue weighted by molar-refractivity contribution is 5.67. The zero-order chi connectivity index (χ0) is 21.2. The summed E-state index contributed by atoms with van der Waals surface area (Å²) in [6.45, 7) is 1.78. The van der Waals surface area contributed by atoms with Crippen LogP contribution in [-0.4, -0.2) is 65.8 Å². The average Bonchev–Trinajstić information content (AvgIpc) is 3.29. The normalized spacial score (nSPS) is 25.9. The minimum Gasteiger partial charge on any atom is -0.462 e. The summed E-state index contributed by atoms with van der Waals surface area (Å²) in [5, 5.41) is 14.6. The van der Waals surface area contributed by atoms with Crippen LogP contribution in [0.15, 0.2) is 29.7 Å². The molecule has 0 saturated carbocycles. The van der Waals surface area contributed by atoms with E-state index in [4.69, 9.17) is 20.6 Å². The van der Waals surface area contributed by atoms with Crippen molar-refractivity contribution in [3.8, 4) is 18.2 Å². The van der Waals surface area contributed by atoms with Crippen molar-refractivity contribution in [2.75, 3.05) is 6.61 Å². The van der Waals surface area contributed by atoms with Gasteiger partial charge in [-0.3, -0.25) is 14.2 Å². The molecule has 12 heteroatoms. The molecule has 1 fully saturated rings. The molecule has 1 aliphatic rings. The maximum atomic E-state index is 12.5. The fraction of sp³-hybridized carbons (Fsp3) is 0.412. The highest BCUT2D eigenvalue weighted by atomic mass is 16.6. The van der Waals surface area contributed by atoms with Gasteiger partial charge in [0.15, 0.2) is 18.1 Å². The minimum absolute atomic E-state index is 0.191. The maximum absolute atomic E-state index is 12.5. The predicted molar refractivity (Wildman–Crippen MR) is 93.3 cm³/mol. The summed E-state index contributed by atoms with van der Waals surface area (Å²) in [5.41, 5.74) is -2.59. The summed E-state index contributed by atoms with van der Waals surface area (Å²) >= 11 is 0. The Morgan fingerprint density at radius 1 is 1.41 bits per heavy atom. The molecule has 3 rings (SSSR count). The third kappa shape index (κ3) is 3.86. The predicted octanol–water partition coefficient (Wildman–Crippen LogP) is -1.42. The second kappa shape index (κ2) is 7.82. The van der Waals surface area contributed by atoms with E-state index in [1.165, 1.54) is 29.6 Å². The zero-order valence-electron chi connectivity index (χ0n) is 15.5. The SMILES string of the molecule is C#C[C@]1(COC(C)=O)O[C@@H](n2ccc(-n3cncn3)nc2=O)C(O)[C@H]1OC(C)=O. The molecule has 0 spiro atoms. The first-order valence-electron chi connectivity index (χ1n) is 8.36. The lowest BCUT2D eigenvalue weighted by Gasteiger charge is -2.28. The molecular formula is C17H17N5O7. The Kier molecular flexibility index (Phi) is 5.44. The summed E-state index contributed by atoms with van der Waals surface area (Å²) in [5.74, 6) is 1.07. The zero-order valence-corrected chi connectivity index (χ0v) is 15.5. The van der Waals surface area contributed by atoms with Crippen molar-refractivity contribution >= 4 is 11.9 Å². The first-order valence-corrected chi connectivity index (χ1v) is 8.36. The minimum atomic E-state index is -1.80. The van der Waals surface area contributed by atoms with Gasteiger partial charge in [-0.05, 0) is 6.07 Å². The Labute approximate surface area is 164 Å². The van der Waals surface area contributed by atoms with E-state index in [1.54, 1.807) is 0 Å². The number of aromatic nitrogens is 5. The lowest BCUT2D eigenvalue weighted by molar-refractivity contribution is -0.165. The van der Waals surface area contributed by atoms with Gasteiger partial charge in [-0.25, -0.2) is 14.5 Å². The molecule has 4 atom stereocenters. The number of aliphatic hydroxyl groups excluding tert-OH is 1. The van der Waals surface area contributed by atoms with Crippen LogP contribution in [-0.2, 0) is 23.8 Å². The second-order valence-electron chi connectivity index (χ2n) is 6.16. The molecule has 3 heterocycles. The van der Waals surface area contributed by atoms with Gasteiger partial charge in [0.05, 0.1) is 0 Å². The van der Waals surface area contributed by atoms with Crippen molar-refractivity contribution in [3.05, 3.63) is 35.4 Å². The van der Waals surface area contributed by atoms with E-state index in [-0.39, 0.29) is 5.82 Å². The Balaban J connectivity index is 1.97. The summed E-state index contributed by atoms with van der Waals surface area (Å²) < 4.78 is 18.0. The fourth-order valence-corrected chi connectivity index (χ4v) is 2.88. The molecule has 1 unspecified atom stereocenters. The summed E-state index contributed by atoms with van der Waals surface area (Å²) in [6, 6.07) is 1.44. The third-order valence-corrected chi connectivity index (χ3v) is 4.16. The molecule has 2 aromatic heterocycles. The molecule has 1 N–H and O–H groups in total. The van der Waals surface area contributed by atoms with Gasteiger partial charge in [-0.2, -0.15) is 10.1 Å². The number of rotatable bonds is 5. The van der Waals surface area contributed by atoms with E-state index >= 15 is 0 Å². The van der Waals surface area contributed by atoms with Crippen LogP contribution >= 0.6 is 0 Å². The van der Waals surface area contributed by atoms with Crippen molar-refractivity contribution in [1.29, 1.82) is 0 Å². The van der Waals surface area contributed by atoms with Crippen molar-refractivity contribution in [3.63, 3.8) is 0 Å². The van der Waals surface area contributed by atoms with Gasteiger partial charge in [-0.1, -0.05) is 5.92 Å². The Morgan fingerprint density at radius 3 is 2.72 bits per heavy atom. The number of hydrogen-bond acceptors (Lipinski definition) is 10. The number of carbonyl (C=O) groups is 2. The van der Waals surface area contributed by atoms with Gasteiger partial charge in [0, 0.05) is 20.0 Å². The van der Waals surface area contributed by atoms with Crippen LogP contribution in [0.5, 0.6) is 0 Å². The van der Waals surface area contributed by atoms with Gasteiger partial charge in [-0.15, -0.1) is 6.42 Å². The van der Waals surface area contributed by atoms with Crippen LogP contribution < -0.4 is 5.69 Å². The molecule has 0 bridgehead atoms. The van der Waals surface area contributed by atoms with E-state index in [1.807, 2.05) is 0 Å². The van der Waals surface area contributed by atoms with Gasteiger partial charge >= 0.3 is 17.6 Å². The summed E-state index contributed by atoms with van der Waals surface area (Å²) in [7, 11) is 0. The number of nitrogens with zero attached hydrogens (tertiary/aromatic N) is 5. The molecule has 29 heavy (non-hydrogen) atoms.